The molecule has 0 bridgehead atoms. The Morgan fingerprint density at radius 1 is 1.09 bits per heavy atom. The molecule has 1 aromatic carbocycles. The zero-order valence-electron chi connectivity index (χ0n) is 17.8. The van der Waals surface area contributed by atoms with Crippen molar-refractivity contribution < 1.29 is 22.7 Å². The lowest BCUT2D eigenvalue weighted by molar-refractivity contribution is -0.121. The van der Waals surface area contributed by atoms with Crippen LogP contribution in [0, 0.1) is 5.92 Å². The number of sulfone groups is 1. The average molecular weight is 457 g/mol. The van der Waals surface area contributed by atoms with Gasteiger partial charge in [-0.25, -0.2) is 13.4 Å². The number of amides is 2. The fourth-order valence-electron chi connectivity index (χ4n) is 3.91. The second-order valence-corrected chi connectivity index (χ2v) is 9.64. The first kappa shape index (κ1) is 21.8. The zero-order chi connectivity index (χ0) is 22.9. The molecule has 0 spiro atoms. The van der Waals surface area contributed by atoms with Gasteiger partial charge in [0.05, 0.1) is 18.3 Å². The van der Waals surface area contributed by atoms with Gasteiger partial charge in [0.2, 0.25) is 20.9 Å². The Morgan fingerprint density at radius 2 is 1.78 bits per heavy atom. The maximum absolute atomic E-state index is 13.1. The van der Waals surface area contributed by atoms with Gasteiger partial charge in [-0.15, -0.1) is 0 Å². The number of nitrogens with one attached hydrogen (secondary N) is 1. The van der Waals surface area contributed by atoms with E-state index in [1.165, 1.54) is 4.40 Å². The molecule has 0 saturated carbocycles. The number of fused-ring (bicyclic) bond motifs is 1. The van der Waals surface area contributed by atoms with Crippen LogP contribution in [0.1, 0.15) is 23.3 Å². The number of methoxy groups -OCH3 is 1. The number of rotatable bonds is 5. The van der Waals surface area contributed by atoms with E-state index in [1.54, 1.807) is 48.5 Å². The van der Waals surface area contributed by atoms with Gasteiger partial charge >= 0.3 is 0 Å². The highest BCUT2D eigenvalue weighted by Gasteiger charge is 2.31. The smallest absolute Gasteiger partial charge is 0.274 e. The van der Waals surface area contributed by atoms with Crippen LogP contribution >= 0.6 is 0 Å². The molecule has 1 saturated heterocycles. The number of pyridine rings is 1. The Kier molecular flexibility index (Phi) is 5.88. The third-order valence-corrected chi connectivity index (χ3v) is 6.52. The van der Waals surface area contributed by atoms with E-state index in [4.69, 9.17) is 4.74 Å². The average Bonchev–Trinajstić information content (AvgIpc) is 3.19. The molecule has 1 aliphatic heterocycles. The Hall–Kier alpha value is -3.40. The highest BCUT2D eigenvalue weighted by molar-refractivity contribution is 7.90. The van der Waals surface area contributed by atoms with Crippen molar-refractivity contribution in [3.8, 4) is 5.75 Å². The maximum Gasteiger partial charge on any atom is 0.274 e. The number of likely N-dealkylation sites (tertiary alicyclic amines) is 1. The fourth-order valence-corrected chi connectivity index (χ4v) is 4.68. The fraction of sp³-hybridized carbons (Fsp3) is 0.318. The number of hydrogen-bond acceptors (Lipinski definition) is 6. The van der Waals surface area contributed by atoms with Gasteiger partial charge in [-0.1, -0.05) is 18.2 Å². The Labute approximate surface area is 185 Å². The summed E-state index contributed by atoms with van der Waals surface area (Å²) in [5.74, 6) is -0.114. The number of piperidine rings is 1. The van der Waals surface area contributed by atoms with Crippen LogP contribution in [0.4, 0.5) is 5.69 Å². The first-order valence-electron chi connectivity index (χ1n) is 10.2. The van der Waals surface area contributed by atoms with Crippen molar-refractivity contribution in [2.45, 2.75) is 18.0 Å². The molecule has 1 fully saturated rings. The standard InChI is InChI=1S/C22H24N4O5S/c1-31-18-9-4-3-7-16(18)23-20(27)15-10-13-25(14-11-15)21(28)19-17-8-5-6-12-26(17)22(24-19)32(2,29)30/h3-9,12,15H,10-11,13-14H2,1-2H3,(H,23,27). The lowest BCUT2D eigenvalue weighted by atomic mass is 9.95. The van der Waals surface area contributed by atoms with Crippen molar-refractivity contribution in [3.05, 3.63) is 54.4 Å². The molecule has 10 heteroatoms. The quantitative estimate of drug-likeness (QED) is 0.631. The second-order valence-electron chi connectivity index (χ2n) is 7.73. The number of nitrogens with zero attached hydrogens (tertiary/aromatic N) is 3. The first-order valence-corrected chi connectivity index (χ1v) is 12.1. The summed E-state index contributed by atoms with van der Waals surface area (Å²) in [4.78, 5) is 31.6. The zero-order valence-corrected chi connectivity index (χ0v) is 18.6. The van der Waals surface area contributed by atoms with E-state index < -0.39 is 9.84 Å². The molecule has 3 heterocycles. The van der Waals surface area contributed by atoms with Crippen LogP contribution in [0.2, 0.25) is 0 Å². The highest BCUT2D eigenvalue weighted by Crippen LogP contribution is 2.27. The van der Waals surface area contributed by atoms with Crippen LogP contribution in [-0.2, 0) is 14.6 Å². The van der Waals surface area contributed by atoms with Gasteiger partial charge in [0.15, 0.2) is 5.69 Å². The van der Waals surface area contributed by atoms with E-state index >= 15 is 0 Å². The largest absolute Gasteiger partial charge is 0.495 e. The lowest BCUT2D eigenvalue weighted by Crippen LogP contribution is -2.41. The number of aromatic nitrogens is 2. The number of para-hydroxylation sites is 2. The molecule has 0 unspecified atom stereocenters. The van der Waals surface area contributed by atoms with Gasteiger partial charge in [-0.05, 0) is 37.1 Å². The van der Waals surface area contributed by atoms with Crippen molar-refractivity contribution in [1.29, 1.82) is 0 Å². The molecule has 0 atom stereocenters. The van der Waals surface area contributed by atoms with Crippen molar-refractivity contribution in [3.63, 3.8) is 0 Å². The number of ether oxygens (including phenoxy) is 1. The normalized spacial score (nSPS) is 15.0. The number of imidazole rings is 1. The van der Waals surface area contributed by atoms with E-state index in [9.17, 15) is 18.0 Å². The predicted octanol–water partition coefficient (Wildman–Crippen LogP) is 2.24. The minimum Gasteiger partial charge on any atom is -0.495 e. The minimum atomic E-state index is -3.61. The predicted molar refractivity (Wildman–Crippen MR) is 119 cm³/mol. The molecule has 4 rings (SSSR count). The summed E-state index contributed by atoms with van der Waals surface area (Å²) in [6.45, 7) is 0.756. The number of anilines is 1. The molecule has 1 aliphatic rings. The van der Waals surface area contributed by atoms with Gasteiger partial charge in [0.25, 0.3) is 5.91 Å². The van der Waals surface area contributed by atoms with E-state index in [-0.39, 0.29) is 28.6 Å². The lowest BCUT2D eigenvalue weighted by Gasteiger charge is -2.31. The SMILES string of the molecule is COc1ccccc1NC(=O)C1CCN(C(=O)c2nc(S(C)(=O)=O)n3ccccc23)CC1. The van der Waals surface area contributed by atoms with Crippen LogP contribution in [-0.4, -0.2) is 61.0 Å². The molecule has 2 amide bonds. The Morgan fingerprint density at radius 3 is 2.47 bits per heavy atom. The molecule has 0 radical (unpaired) electrons. The topological polar surface area (TPSA) is 110 Å². The van der Waals surface area contributed by atoms with Gasteiger partial charge in [-0.3, -0.25) is 14.0 Å². The summed E-state index contributed by atoms with van der Waals surface area (Å²) in [5.41, 5.74) is 1.15. The minimum absolute atomic E-state index is 0.1000. The van der Waals surface area contributed by atoms with E-state index in [1.807, 2.05) is 12.1 Å². The summed E-state index contributed by atoms with van der Waals surface area (Å²) in [6.07, 6.45) is 3.63. The van der Waals surface area contributed by atoms with Crippen molar-refractivity contribution in [1.82, 2.24) is 14.3 Å². The van der Waals surface area contributed by atoms with Crippen molar-refractivity contribution >= 4 is 32.9 Å². The number of carbonyl (C=O) groups excluding carboxylic acids is 2. The van der Waals surface area contributed by atoms with Crippen LogP contribution in [0.5, 0.6) is 5.75 Å². The first-order chi connectivity index (χ1) is 15.3. The summed E-state index contributed by atoms with van der Waals surface area (Å²) < 4.78 is 30.9. The van der Waals surface area contributed by atoms with Crippen LogP contribution in [0.15, 0.2) is 53.8 Å². The molecular formula is C22H24N4O5S. The summed E-state index contributed by atoms with van der Waals surface area (Å²) in [6, 6.07) is 12.3. The monoisotopic (exact) mass is 456 g/mol. The van der Waals surface area contributed by atoms with E-state index in [0.29, 0.717) is 42.9 Å². The summed E-state index contributed by atoms with van der Waals surface area (Å²) in [5, 5.41) is 2.74. The van der Waals surface area contributed by atoms with Crippen LogP contribution in [0.25, 0.3) is 5.52 Å². The number of carbonyl (C=O) groups is 2. The van der Waals surface area contributed by atoms with E-state index in [2.05, 4.69) is 10.3 Å². The van der Waals surface area contributed by atoms with Crippen molar-refractivity contribution in [2.75, 3.05) is 31.8 Å². The maximum atomic E-state index is 13.1. The molecule has 2 aromatic heterocycles. The molecular weight excluding hydrogens is 432 g/mol. The number of hydrogen-bond donors (Lipinski definition) is 1. The molecule has 0 aliphatic carbocycles. The summed E-state index contributed by atoms with van der Waals surface area (Å²) in [7, 11) is -2.06. The molecule has 3 aromatic rings. The van der Waals surface area contributed by atoms with Gasteiger partial charge in [0, 0.05) is 31.5 Å². The Balaban J connectivity index is 1.47. The Bertz CT molecular complexity index is 1280. The number of benzene rings is 1. The van der Waals surface area contributed by atoms with Gasteiger partial charge < -0.3 is 15.0 Å². The van der Waals surface area contributed by atoms with E-state index in [0.717, 1.165) is 6.26 Å². The molecule has 1 N–H and O–H groups in total. The van der Waals surface area contributed by atoms with Crippen molar-refractivity contribution in [2.24, 2.45) is 5.92 Å². The highest BCUT2D eigenvalue weighted by atomic mass is 32.2. The van der Waals surface area contributed by atoms with Crippen LogP contribution < -0.4 is 10.1 Å². The molecule has 168 valence electrons. The van der Waals surface area contributed by atoms with Gasteiger partial charge in [-0.2, -0.15) is 0 Å². The second kappa shape index (κ2) is 8.62. The van der Waals surface area contributed by atoms with Crippen LogP contribution in [0.3, 0.4) is 0 Å². The van der Waals surface area contributed by atoms with Gasteiger partial charge in [0.1, 0.15) is 5.75 Å². The third-order valence-electron chi connectivity index (χ3n) is 5.57. The molecule has 32 heavy (non-hydrogen) atoms. The summed E-state index contributed by atoms with van der Waals surface area (Å²) >= 11 is 0. The third kappa shape index (κ3) is 4.18. The molecule has 9 nitrogen and oxygen atoms in total.